The maximum absolute atomic E-state index is 6.04. The Morgan fingerprint density at radius 3 is 2.58 bits per heavy atom. The summed E-state index contributed by atoms with van der Waals surface area (Å²) in [7, 11) is 0. The van der Waals surface area contributed by atoms with E-state index < -0.39 is 0 Å². The number of benzene rings is 2. The van der Waals surface area contributed by atoms with Gasteiger partial charge in [-0.05, 0) is 24.3 Å². The Bertz CT molecular complexity index is 707. The molecular formula is C15H10BrClN2. The predicted molar refractivity (Wildman–Crippen MR) is 82.2 cm³/mol. The monoisotopic (exact) mass is 332 g/mol. The molecule has 0 unspecified atom stereocenters. The van der Waals surface area contributed by atoms with E-state index in [9.17, 15) is 0 Å². The number of hydrogen-bond donors (Lipinski definition) is 1. The molecule has 2 nitrogen and oxygen atoms in total. The van der Waals surface area contributed by atoms with Gasteiger partial charge in [-0.1, -0.05) is 57.9 Å². The molecule has 1 heterocycles. The van der Waals surface area contributed by atoms with Crippen LogP contribution in [0.2, 0.25) is 5.02 Å². The van der Waals surface area contributed by atoms with Crippen LogP contribution in [0.3, 0.4) is 0 Å². The summed E-state index contributed by atoms with van der Waals surface area (Å²) < 4.78 is 0.986. The van der Waals surface area contributed by atoms with Crippen LogP contribution in [-0.2, 0) is 0 Å². The van der Waals surface area contributed by atoms with Crippen molar-refractivity contribution >= 4 is 27.5 Å². The fourth-order valence-corrected chi connectivity index (χ4v) is 2.55. The van der Waals surface area contributed by atoms with Crippen molar-refractivity contribution in [1.82, 2.24) is 10.2 Å². The molecule has 0 bridgehead atoms. The van der Waals surface area contributed by atoms with Crippen molar-refractivity contribution in [1.29, 1.82) is 0 Å². The van der Waals surface area contributed by atoms with E-state index >= 15 is 0 Å². The summed E-state index contributed by atoms with van der Waals surface area (Å²) in [4.78, 5) is 0. The van der Waals surface area contributed by atoms with Crippen LogP contribution in [0.1, 0.15) is 0 Å². The van der Waals surface area contributed by atoms with Gasteiger partial charge in [0.05, 0.1) is 11.4 Å². The zero-order valence-corrected chi connectivity index (χ0v) is 12.2. The number of hydrogen-bond acceptors (Lipinski definition) is 1. The first-order valence-electron chi connectivity index (χ1n) is 5.80. The van der Waals surface area contributed by atoms with Gasteiger partial charge >= 0.3 is 0 Å². The molecule has 0 atom stereocenters. The van der Waals surface area contributed by atoms with Crippen molar-refractivity contribution in [2.24, 2.45) is 0 Å². The predicted octanol–water partition coefficient (Wildman–Crippen LogP) is 5.16. The minimum absolute atomic E-state index is 0.703. The second kappa shape index (κ2) is 5.19. The van der Waals surface area contributed by atoms with Gasteiger partial charge in [0.2, 0.25) is 0 Å². The topological polar surface area (TPSA) is 28.7 Å². The van der Waals surface area contributed by atoms with Gasteiger partial charge < -0.3 is 0 Å². The van der Waals surface area contributed by atoms with Gasteiger partial charge in [-0.25, -0.2) is 0 Å². The van der Waals surface area contributed by atoms with E-state index in [1.165, 1.54) is 0 Å². The molecule has 4 heteroatoms. The van der Waals surface area contributed by atoms with Gasteiger partial charge in [0.15, 0.2) is 0 Å². The lowest BCUT2D eigenvalue weighted by Gasteiger charge is -2.01. The molecule has 0 aliphatic heterocycles. The Kier molecular flexibility index (Phi) is 3.40. The zero-order valence-electron chi connectivity index (χ0n) is 9.90. The lowest BCUT2D eigenvalue weighted by molar-refractivity contribution is 1.10. The molecule has 0 radical (unpaired) electrons. The van der Waals surface area contributed by atoms with Crippen molar-refractivity contribution in [3.63, 3.8) is 0 Å². The van der Waals surface area contributed by atoms with E-state index in [2.05, 4.69) is 26.1 Å². The van der Waals surface area contributed by atoms with E-state index in [0.717, 1.165) is 27.0 Å². The average Bonchev–Trinajstić information content (AvgIpc) is 2.92. The molecule has 3 aromatic rings. The number of nitrogens with zero attached hydrogens (tertiary/aromatic N) is 1. The van der Waals surface area contributed by atoms with Crippen LogP contribution < -0.4 is 0 Å². The van der Waals surface area contributed by atoms with Crippen LogP contribution in [0.25, 0.3) is 22.5 Å². The second-order valence-corrected chi connectivity index (χ2v) is 5.45. The summed E-state index contributed by atoms with van der Waals surface area (Å²) >= 11 is 9.56. The molecule has 0 amide bonds. The standard InChI is InChI=1S/C15H10BrClN2/c16-13-7-6-11(17)8-12(13)15-9-14(18-19-15)10-4-2-1-3-5-10/h1-9H,(H,18,19). The summed E-state index contributed by atoms with van der Waals surface area (Å²) in [6, 6.07) is 17.8. The first-order valence-corrected chi connectivity index (χ1v) is 6.97. The second-order valence-electron chi connectivity index (χ2n) is 4.16. The fourth-order valence-electron chi connectivity index (χ4n) is 1.92. The number of aromatic nitrogens is 2. The van der Waals surface area contributed by atoms with E-state index in [1.54, 1.807) is 0 Å². The van der Waals surface area contributed by atoms with Crippen LogP contribution >= 0.6 is 27.5 Å². The van der Waals surface area contributed by atoms with Gasteiger partial charge in [-0.15, -0.1) is 0 Å². The molecule has 0 fully saturated rings. The number of nitrogens with one attached hydrogen (secondary N) is 1. The molecule has 0 aliphatic rings. The van der Waals surface area contributed by atoms with Crippen molar-refractivity contribution in [3.8, 4) is 22.5 Å². The van der Waals surface area contributed by atoms with E-state index in [4.69, 9.17) is 11.6 Å². The molecular weight excluding hydrogens is 324 g/mol. The van der Waals surface area contributed by atoms with Crippen LogP contribution in [-0.4, -0.2) is 10.2 Å². The zero-order chi connectivity index (χ0) is 13.2. The first-order chi connectivity index (χ1) is 9.24. The highest BCUT2D eigenvalue weighted by molar-refractivity contribution is 9.10. The minimum atomic E-state index is 0.703. The molecule has 0 saturated heterocycles. The molecule has 0 spiro atoms. The molecule has 0 saturated carbocycles. The third kappa shape index (κ3) is 2.57. The quantitative estimate of drug-likeness (QED) is 0.689. The molecule has 19 heavy (non-hydrogen) atoms. The van der Waals surface area contributed by atoms with Crippen LogP contribution in [0.15, 0.2) is 59.1 Å². The lowest BCUT2D eigenvalue weighted by atomic mass is 10.1. The van der Waals surface area contributed by atoms with E-state index in [1.807, 2.05) is 54.6 Å². The summed E-state index contributed by atoms with van der Waals surface area (Å²) in [5.41, 5.74) is 3.95. The largest absolute Gasteiger partial charge is 0.277 e. The van der Waals surface area contributed by atoms with E-state index in [-0.39, 0.29) is 0 Å². The summed E-state index contributed by atoms with van der Waals surface area (Å²) in [5.74, 6) is 0. The van der Waals surface area contributed by atoms with Crippen molar-refractivity contribution in [3.05, 3.63) is 64.1 Å². The Hall–Kier alpha value is -1.58. The lowest BCUT2D eigenvalue weighted by Crippen LogP contribution is -1.80. The maximum atomic E-state index is 6.04. The highest BCUT2D eigenvalue weighted by Crippen LogP contribution is 2.31. The van der Waals surface area contributed by atoms with Crippen LogP contribution in [0, 0.1) is 0 Å². The first kappa shape index (κ1) is 12.5. The van der Waals surface area contributed by atoms with Gasteiger partial charge in [-0.2, -0.15) is 5.10 Å². The van der Waals surface area contributed by atoms with Crippen molar-refractivity contribution in [2.45, 2.75) is 0 Å². The average molecular weight is 334 g/mol. The highest BCUT2D eigenvalue weighted by atomic mass is 79.9. The molecule has 0 aliphatic carbocycles. The number of halogens is 2. The molecule has 1 aromatic heterocycles. The Morgan fingerprint density at radius 2 is 1.79 bits per heavy atom. The molecule has 1 N–H and O–H groups in total. The SMILES string of the molecule is Clc1ccc(Br)c(-c2cc(-c3ccccc3)n[nH]2)c1. The van der Waals surface area contributed by atoms with Crippen LogP contribution in [0.5, 0.6) is 0 Å². The molecule has 3 rings (SSSR count). The van der Waals surface area contributed by atoms with Gasteiger partial charge in [0.25, 0.3) is 0 Å². The smallest absolute Gasteiger partial charge is 0.0927 e. The summed E-state index contributed by atoms with van der Waals surface area (Å²) in [6.45, 7) is 0. The summed E-state index contributed by atoms with van der Waals surface area (Å²) in [5, 5.41) is 8.10. The molecule has 2 aromatic carbocycles. The fraction of sp³-hybridized carbons (Fsp3) is 0. The minimum Gasteiger partial charge on any atom is -0.277 e. The van der Waals surface area contributed by atoms with Crippen molar-refractivity contribution < 1.29 is 0 Å². The summed E-state index contributed by atoms with van der Waals surface area (Å²) in [6.07, 6.45) is 0. The van der Waals surface area contributed by atoms with Crippen molar-refractivity contribution in [2.75, 3.05) is 0 Å². The van der Waals surface area contributed by atoms with E-state index in [0.29, 0.717) is 5.02 Å². The van der Waals surface area contributed by atoms with Gasteiger partial charge in [0.1, 0.15) is 0 Å². The third-order valence-electron chi connectivity index (χ3n) is 2.87. The normalized spacial score (nSPS) is 10.6. The Morgan fingerprint density at radius 1 is 1.00 bits per heavy atom. The number of aromatic amines is 1. The van der Waals surface area contributed by atoms with Gasteiger partial charge in [0, 0.05) is 20.6 Å². The number of H-pyrrole nitrogens is 1. The van der Waals surface area contributed by atoms with Gasteiger partial charge in [-0.3, -0.25) is 5.10 Å². The maximum Gasteiger partial charge on any atom is 0.0927 e. The molecule has 94 valence electrons. The Labute approximate surface area is 124 Å². The number of rotatable bonds is 2. The Balaban J connectivity index is 2.04. The highest BCUT2D eigenvalue weighted by Gasteiger charge is 2.09. The van der Waals surface area contributed by atoms with Crippen LogP contribution in [0.4, 0.5) is 0 Å². The third-order valence-corrected chi connectivity index (χ3v) is 3.79.